The Balaban J connectivity index is 0.000000461. The molecule has 3 nitrogen and oxygen atoms in total. The first-order valence-electron chi connectivity index (χ1n) is 2.83. The number of ether oxygens (including phenoxy) is 1. The lowest BCUT2D eigenvalue weighted by atomic mass is 10.3. The van der Waals surface area contributed by atoms with Gasteiger partial charge in [-0.3, -0.25) is 0 Å². The molecule has 0 amide bonds. The zero-order chi connectivity index (χ0) is 8.69. The maximum atomic E-state index is 6.00. The van der Waals surface area contributed by atoms with Gasteiger partial charge in [0.1, 0.15) is 5.75 Å². The largest absolute Gasteiger partial charge is 0.495 e. The molecule has 0 radical (unpaired) electrons. The van der Waals surface area contributed by atoms with Gasteiger partial charge in [0, 0.05) is 10.8 Å². The first-order chi connectivity index (χ1) is 5.34. The van der Waals surface area contributed by atoms with E-state index < -0.39 is 0 Å². The Bertz CT molecular complexity index is 237. The van der Waals surface area contributed by atoms with Crippen molar-refractivity contribution in [1.82, 2.24) is 0 Å². The van der Waals surface area contributed by atoms with Crippen molar-refractivity contribution in [3.8, 4) is 5.75 Å². The summed E-state index contributed by atoms with van der Waals surface area (Å²) in [5.74, 6) is 0.721. The van der Waals surface area contributed by atoms with E-state index in [1.807, 2.05) is 18.2 Å². The standard InChI is InChI=1S/C7H7ClO.N2/c1-9-7-5-3-2-4-6(7)8;1-2/h2-5H,1H3;. The van der Waals surface area contributed by atoms with Crippen LogP contribution in [0.2, 0.25) is 5.02 Å². The summed E-state index contributed by atoms with van der Waals surface area (Å²) >= 11 is 5.70. The predicted octanol–water partition coefficient (Wildman–Crippen LogP) is 2.38. The Kier molecular flexibility index (Phi) is 4.87. The SMILES string of the molecule is COc1ccccc1Cl.N#N. The van der Waals surface area contributed by atoms with E-state index in [-0.39, 0.29) is 0 Å². The summed E-state index contributed by atoms with van der Waals surface area (Å²) in [6.45, 7) is 0. The number of hydrogen-bond donors (Lipinski definition) is 0. The highest BCUT2D eigenvalue weighted by atomic mass is 35.5. The number of para-hydroxylation sites is 1. The van der Waals surface area contributed by atoms with Crippen LogP contribution in [-0.4, -0.2) is 7.11 Å². The molecule has 1 aromatic rings. The fourth-order valence-electron chi connectivity index (χ4n) is 0.610. The Labute approximate surface area is 70.0 Å². The molecule has 0 heterocycles. The van der Waals surface area contributed by atoms with E-state index in [4.69, 9.17) is 27.1 Å². The fourth-order valence-corrected chi connectivity index (χ4v) is 0.823. The molecule has 0 aliphatic rings. The molecule has 11 heavy (non-hydrogen) atoms. The predicted molar refractivity (Wildman–Crippen MR) is 41.5 cm³/mol. The Morgan fingerprint density at radius 1 is 1.27 bits per heavy atom. The smallest absolute Gasteiger partial charge is 0.137 e. The molecule has 0 atom stereocenters. The van der Waals surface area contributed by atoms with Crippen molar-refractivity contribution in [2.24, 2.45) is 0 Å². The summed E-state index contributed by atoms with van der Waals surface area (Å²) in [5, 5.41) is 12.7. The van der Waals surface area contributed by atoms with E-state index in [1.165, 1.54) is 0 Å². The maximum Gasteiger partial charge on any atom is 0.137 e. The first kappa shape index (κ1) is 9.73. The highest BCUT2D eigenvalue weighted by molar-refractivity contribution is 6.32. The molecule has 0 N–H and O–H groups in total. The first-order valence-corrected chi connectivity index (χ1v) is 3.21. The van der Waals surface area contributed by atoms with Gasteiger partial charge in [-0.15, -0.1) is 0 Å². The molecule has 0 aliphatic heterocycles. The molecule has 0 unspecified atom stereocenters. The molecule has 0 bridgehead atoms. The molecule has 0 spiro atoms. The highest BCUT2D eigenvalue weighted by Crippen LogP contribution is 2.21. The number of benzene rings is 1. The third kappa shape index (κ3) is 2.87. The second-order valence-corrected chi connectivity index (χ2v) is 2.04. The summed E-state index contributed by atoms with van der Waals surface area (Å²) in [7, 11) is 1.60. The molecule has 0 fully saturated rings. The van der Waals surface area contributed by atoms with Crippen LogP contribution in [0.15, 0.2) is 24.3 Å². The highest BCUT2D eigenvalue weighted by Gasteiger charge is 1.93. The van der Waals surface area contributed by atoms with Crippen LogP contribution in [0.1, 0.15) is 0 Å². The van der Waals surface area contributed by atoms with Gasteiger partial charge in [0.2, 0.25) is 0 Å². The zero-order valence-corrected chi connectivity index (χ0v) is 6.75. The van der Waals surface area contributed by atoms with Gasteiger partial charge in [0.05, 0.1) is 12.1 Å². The van der Waals surface area contributed by atoms with Gasteiger partial charge in [0.15, 0.2) is 0 Å². The summed E-state index contributed by atoms with van der Waals surface area (Å²) in [5.41, 5.74) is 0. The van der Waals surface area contributed by atoms with Crippen molar-refractivity contribution in [2.75, 3.05) is 7.11 Å². The van der Waals surface area contributed by atoms with Crippen molar-refractivity contribution in [1.29, 1.82) is 10.8 Å². The van der Waals surface area contributed by atoms with Crippen LogP contribution in [0.25, 0.3) is 0 Å². The Morgan fingerprint density at radius 3 is 2.18 bits per heavy atom. The average Bonchev–Trinajstić information content (AvgIpc) is 2.09. The van der Waals surface area contributed by atoms with Crippen molar-refractivity contribution >= 4 is 11.6 Å². The summed E-state index contributed by atoms with van der Waals surface area (Å²) < 4.78 is 4.91. The third-order valence-electron chi connectivity index (χ3n) is 1.06. The summed E-state index contributed by atoms with van der Waals surface area (Å²) in [4.78, 5) is 0. The summed E-state index contributed by atoms with van der Waals surface area (Å²) in [6, 6.07) is 7.36. The topological polar surface area (TPSA) is 56.8 Å². The number of halogens is 1. The second-order valence-electron chi connectivity index (χ2n) is 1.63. The monoisotopic (exact) mass is 170 g/mol. The quantitative estimate of drug-likeness (QED) is 0.608. The van der Waals surface area contributed by atoms with E-state index in [1.54, 1.807) is 13.2 Å². The molecular formula is C7H7ClN2O. The van der Waals surface area contributed by atoms with Crippen molar-refractivity contribution in [3.05, 3.63) is 29.3 Å². The van der Waals surface area contributed by atoms with Gasteiger partial charge in [-0.1, -0.05) is 23.7 Å². The Hall–Kier alpha value is -1.27. The van der Waals surface area contributed by atoms with Crippen LogP contribution in [0.3, 0.4) is 0 Å². The maximum absolute atomic E-state index is 6.00. The minimum absolute atomic E-state index is 0.653. The van der Waals surface area contributed by atoms with E-state index in [0.29, 0.717) is 5.02 Å². The van der Waals surface area contributed by atoms with Gasteiger partial charge < -0.3 is 4.74 Å². The lowest BCUT2D eigenvalue weighted by Crippen LogP contribution is -1.81. The normalized spacial score (nSPS) is 7.64. The Morgan fingerprint density at radius 2 is 1.82 bits per heavy atom. The van der Waals surface area contributed by atoms with Crippen LogP contribution in [0.4, 0.5) is 0 Å². The molecule has 58 valence electrons. The second kappa shape index (κ2) is 5.51. The van der Waals surface area contributed by atoms with Crippen molar-refractivity contribution < 1.29 is 4.74 Å². The average molecular weight is 171 g/mol. The molecule has 0 aromatic heterocycles. The molecule has 0 aliphatic carbocycles. The summed E-state index contributed by atoms with van der Waals surface area (Å²) in [6.07, 6.45) is 0. The lowest BCUT2D eigenvalue weighted by molar-refractivity contribution is 0.415. The van der Waals surface area contributed by atoms with Crippen LogP contribution in [-0.2, 0) is 0 Å². The van der Waals surface area contributed by atoms with Gasteiger partial charge in [-0.05, 0) is 12.1 Å². The number of nitrogens with zero attached hydrogens (tertiary/aromatic N) is 2. The van der Waals surface area contributed by atoms with E-state index in [2.05, 4.69) is 0 Å². The van der Waals surface area contributed by atoms with Crippen molar-refractivity contribution in [2.45, 2.75) is 0 Å². The number of hydrogen-bond acceptors (Lipinski definition) is 3. The van der Waals surface area contributed by atoms with Crippen molar-refractivity contribution in [3.63, 3.8) is 0 Å². The van der Waals surface area contributed by atoms with Crippen LogP contribution < -0.4 is 4.74 Å². The van der Waals surface area contributed by atoms with Gasteiger partial charge in [0.25, 0.3) is 0 Å². The lowest BCUT2D eigenvalue weighted by Gasteiger charge is -1.98. The molecule has 1 rings (SSSR count). The third-order valence-corrected chi connectivity index (χ3v) is 1.37. The van der Waals surface area contributed by atoms with E-state index >= 15 is 0 Å². The minimum atomic E-state index is 0.653. The van der Waals surface area contributed by atoms with E-state index in [0.717, 1.165) is 5.75 Å². The van der Waals surface area contributed by atoms with Crippen LogP contribution >= 0.6 is 11.6 Å². The molecule has 0 saturated carbocycles. The van der Waals surface area contributed by atoms with Gasteiger partial charge >= 0.3 is 0 Å². The molecule has 4 heteroatoms. The minimum Gasteiger partial charge on any atom is -0.495 e. The number of rotatable bonds is 1. The zero-order valence-electron chi connectivity index (χ0n) is 5.99. The fraction of sp³-hybridized carbons (Fsp3) is 0.143. The molecular weight excluding hydrogens is 164 g/mol. The number of methoxy groups -OCH3 is 1. The molecule has 1 aromatic carbocycles. The van der Waals surface area contributed by atoms with E-state index in [9.17, 15) is 0 Å². The van der Waals surface area contributed by atoms with Gasteiger partial charge in [-0.2, -0.15) is 0 Å². The van der Waals surface area contributed by atoms with Crippen LogP contribution in [0, 0.1) is 10.8 Å². The van der Waals surface area contributed by atoms with Crippen LogP contribution in [0.5, 0.6) is 5.75 Å². The van der Waals surface area contributed by atoms with Gasteiger partial charge in [-0.25, -0.2) is 0 Å². The molecule has 0 saturated heterocycles.